The van der Waals surface area contributed by atoms with E-state index in [1.807, 2.05) is 12.1 Å². The summed E-state index contributed by atoms with van der Waals surface area (Å²) in [5, 5.41) is 2.59. The third-order valence-corrected chi connectivity index (χ3v) is 5.92. The van der Waals surface area contributed by atoms with Crippen molar-refractivity contribution in [1.82, 2.24) is 20.1 Å². The van der Waals surface area contributed by atoms with E-state index >= 15 is 0 Å². The van der Waals surface area contributed by atoms with Gasteiger partial charge in [-0.15, -0.1) is 0 Å². The van der Waals surface area contributed by atoms with Crippen molar-refractivity contribution in [3.8, 4) is 11.1 Å². The number of benzene rings is 2. The number of alkyl halides is 3. The normalized spacial score (nSPS) is 13.9. The van der Waals surface area contributed by atoms with Gasteiger partial charge in [0.15, 0.2) is 0 Å². The highest BCUT2D eigenvalue weighted by molar-refractivity contribution is 5.97. The second-order valence-electron chi connectivity index (χ2n) is 8.22. The minimum absolute atomic E-state index is 0.0977. The fourth-order valence-electron chi connectivity index (χ4n) is 3.96. The van der Waals surface area contributed by atoms with Crippen molar-refractivity contribution in [1.29, 1.82) is 0 Å². The first-order chi connectivity index (χ1) is 17.2. The summed E-state index contributed by atoms with van der Waals surface area (Å²) in [6.45, 7) is 0.290. The molecule has 0 atom stereocenters. The van der Waals surface area contributed by atoms with Crippen molar-refractivity contribution in [3.05, 3.63) is 89.7 Å². The van der Waals surface area contributed by atoms with E-state index in [1.165, 1.54) is 21.9 Å². The van der Waals surface area contributed by atoms with E-state index in [0.717, 1.165) is 23.3 Å². The number of carbonyl (C=O) groups excluding carboxylic acids is 3. The van der Waals surface area contributed by atoms with Gasteiger partial charge in [-0.3, -0.25) is 19.4 Å². The van der Waals surface area contributed by atoms with Crippen molar-refractivity contribution in [2.45, 2.75) is 6.18 Å². The molecule has 186 valence electrons. The predicted octanol–water partition coefficient (Wildman–Crippen LogP) is 3.48. The number of hydrogen-bond donors (Lipinski definition) is 1. The molecule has 4 rings (SSSR count). The Balaban J connectivity index is 1.28. The number of pyridine rings is 1. The van der Waals surface area contributed by atoms with Crippen molar-refractivity contribution >= 4 is 17.7 Å². The lowest BCUT2D eigenvalue weighted by atomic mass is 10.1. The Kier molecular flexibility index (Phi) is 7.33. The first kappa shape index (κ1) is 24.9. The number of amides is 3. The number of carbonyl (C=O) groups is 3. The second-order valence-corrected chi connectivity index (χ2v) is 8.22. The minimum atomic E-state index is -4.64. The zero-order chi connectivity index (χ0) is 25.7. The monoisotopic (exact) mass is 496 g/mol. The smallest absolute Gasteiger partial charge is 0.343 e. The van der Waals surface area contributed by atoms with Crippen LogP contribution in [-0.2, 0) is 11.0 Å². The van der Waals surface area contributed by atoms with Crippen molar-refractivity contribution in [2.24, 2.45) is 0 Å². The summed E-state index contributed by atoms with van der Waals surface area (Å²) in [5.41, 5.74) is 0.825. The predicted molar refractivity (Wildman–Crippen MR) is 126 cm³/mol. The van der Waals surface area contributed by atoms with E-state index in [2.05, 4.69) is 10.3 Å². The highest BCUT2D eigenvalue weighted by atomic mass is 19.4. The number of aromatic nitrogens is 1. The molecule has 0 saturated carbocycles. The Bertz CT molecular complexity index is 1240. The molecule has 3 aromatic rings. The quantitative estimate of drug-likeness (QED) is 0.587. The highest BCUT2D eigenvalue weighted by Gasteiger charge is 2.36. The molecule has 0 radical (unpaired) electrons. The van der Waals surface area contributed by atoms with Gasteiger partial charge in [-0.25, -0.2) is 0 Å². The molecule has 1 saturated heterocycles. The molecule has 1 fully saturated rings. The van der Waals surface area contributed by atoms with Gasteiger partial charge in [-0.05, 0) is 41.5 Å². The summed E-state index contributed by atoms with van der Waals surface area (Å²) < 4.78 is 39.8. The summed E-state index contributed by atoms with van der Waals surface area (Å²) in [6, 6.07) is 15.3. The summed E-state index contributed by atoms with van der Waals surface area (Å²) >= 11 is 0. The first-order valence-electron chi connectivity index (χ1n) is 11.3. The number of halogens is 3. The number of piperazine rings is 1. The lowest BCUT2D eigenvalue weighted by Crippen LogP contribution is -2.52. The summed E-state index contributed by atoms with van der Waals surface area (Å²) in [4.78, 5) is 44.5. The number of nitrogens with zero attached hydrogens (tertiary/aromatic N) is 3. The number of rotatable bonds is 5. The van der Waals surface area contributed by atoms with Crippen LogP contribution in [0.25, 0.3) is 11.1 Å². The van der Waals surface area contributed by atoms with Crippen LogP contribution in [0.3, 0.4) is 0 Å². The van der Waals surface area contributed by atoms with Gasteiger partial charge in [0.1, 0.15) is 0 Å². The van der Waals surface area contributed by atoms with Crippen LogP contribution in [0.15, 0.2) is 73.1 Å². The van der Waals surface area contributed by atoms with E-state index in [4.69, 9.17) is 0 Å². The Hall–Kier alpha value is -4.21. The average molecular weight is 496 g/mol. The van der Waals surface area contributed by atoms with E-state index in [0.29, 0.717) is 5.56 Å². The molecule has 3 amide bonds. The third-order valence-electron chi connectivity index (χ3n) is 5.92. The molecule has 7 nitrogen and oxygen atoms in total. The molecule has 36 heavy (non-hydrogen) atoms. The van der Waals surface area contributed by atoms with Crippen LogP contribution in [0.5, 0.6) is 0 Å². The van der Waals surface area contributed by atoms with Crippen LogP contribution in [-0.4, -0.2) is 65.2 Å². The maximum absolute atomic E-state index is 13.3. The molecule has 1 aromatic heterocycles. The van der Waals surface area contributed by atoms with E-state index in [-0.39, 0.29) is 38.6 Å². The summed E-state index contributed by atoms with van der Waals surface area (Å²) in [7, 11) is 0. The van der Waals surface area contributed by atoms with Crippen LogP contribution >= 0.6 is 0 Å². The SMILES string of the molecule is O=C(NCC(=O)N1CCN(C(=O)c2ccccc2C(F)(F)F)CC1)c1ccc(-c2cccnc2)cc1. The maximum Gasteiger partial charge on any atom is 0.417 e. The molecule has 0 bridgehead atoms. The van der Waals surface area contributed by atoms with E-state index in [9.17, 15) is 27.6 Å². The van der Waals surface area contributed by atoms with Crippen LogP contribution in [0.4, 0.5) is 13.2 Å². The molecule has 1 N–H and O–H groups in total. The van der Waals surface area contributed by atoms with E-state index in [1.54, 1.807) is 36.7 Å². The van der Waals surface area contributed by atoms with Crippen LogP contribution in [0.1, 0.15) is 26.3 Å². The van der Waals surface area contributed by atoms with Gasteiger partial charge in [0.25, 0.3) is 11.8 Å². The summed E-state index contributed by atoms with van der Waals surface area (Å²) in [6.07, 6.45) is -1.25. The van der Waals surface area contributed by atoms with Gasteiger partial charge >= 0.3 is 6.18 Å². The topological polar surface area (TPSA) is 82.6 Å². The Labute approximate surface area is 205 Å². The van der Waals surface area contributed by atoms with Crippen LogP contribution < -0.4 is 5.32 Å². The Morgan fingerprint density at radius 1 is 0.833 bits per heavy atom. The molecule has 2 aromatic carbocycles. The summed E-state index contributed by atoms with van der Waals surface area (Å²) in [5.74, 6) is -1.46. The van der Waals surface area contributed by atoms with Crippen molar-refractivity contribution < 1.29 is 27.6 Å². The van der Waals surface area contributed by atoms with Gasteiger partial charge in [-0.1, -0.05) is 30.3 Å². The fraction of sp³-hybridized carbons (Fsp3) is 0.231. The zero-order valence-electron chi connectivity index (χ0n) is 19.2. The molecule has 10 heteroatoms. The fourth-order valence-corrected chi connectivity index (χ4v) is 3.96. The largest absolute Gasteiger partial charge is 0.417 e. The van der Waals surface area contributed by atoms with Gasteiger partial charge < -0.3 is 15.1 Å². The number of hydrogen-bond acceptors (Lipinski definition) is 4. The average Bonchev–Trinajstić information content (AvgIpc) is 2.91. The van der Waals surface area contributed by atoms with E-state index < -0.39 is 29.1 Å². The zero-order valence-corrected chi connectivity index (χ0v) is 19.2. The maximum atomic E-state index is 13.3. The molecule has 0 aliphatic carbocycles. The first-order valence-corrected chi connectivity index (χ1v) is 11.3. The Morgan fingerprint density at radius 2 is 1.50 bits per heavy atom. The van der Waals surface area contributed by atoms with Gasteiger partial charge in [0.05, 0.1) is 17.7 Å². The number of nitrogens with one attached hydrogen (secondary N) is 1. The molecular weight excluding hydrogens is 473 g/mol. The van der Waals surface area contributed by atoms with Crippen molar-refractivity contribution in [2.75, 3.05) is 32.7 Å². The van der Waals surface area contributed by atoms with Crippen LogP contribution in [0.2, 0.25) is 0 Å². The van der Waals surface area contributed by atoms with Crippen molar-refractivity contribution in [3.63, 3.8) is 0 Å². The molecule has 1 aliphatic heterocycles. The molecular formula is C26H23F3N4O3. The third kappa shape index (κ3) is 5.70. The van der Waals surface area contributed by atoms with Gasteiger partial charge in [0.2, 0.25) is 5.91 Å². The second kappa shape index (κ2) is 10.6. The lowest BCUT2D eigenvalue weighted by Gasteiger charge is -2.35. The van der Waals surface area contributed by atoms with Gasteiger partial charge in [-0.2, -0.15) is 13.2 Å². The molecule has 1 aliphatic rings. The molecule has 0 unspecified atom stereocenters. The lowest BCUT2D eigenvalue weighted by molar-refractivity contribution is -0.138. The highest BCUT2D eigenvalue weighted by Crippen LogP contribution is 2.32. The van der Waals surface area contributed by atoms with Gasteiger partial charge in [0, 0.05) is 44.1 Å². The van der Waals surface area contributed by atoms with Crippen LogP contribution in [0, 0.1) is 0 Å². The molecule has 0 spiro atoms. The standard InChI is InChI=1S/C26H23F3N4O3/c27-26(28,29)22-6-2-1-5-21(22)25(36)33-14-12-32(13-15-33)23(34)17-31-24(35)19-9-7-18(8-10-19)20-4-3-11-30-16-20/h1-11,16H,12-15,17H2,(H,31,35). The minimum Gasteiger partial charge on any atom is -0.343 e. The Morgan fingerprint density at radius 3 is 2.14 bits per heavy atom. The molecule has 2 heterocycles.